The van der Waals surface area contributed by atoms with Gasteiger partial charge in [0.15, 0.2) is 0 Å². The molecule has 3 amide bonds. The molecule has 2 saturated heterocycles. The first kappa shape index (κ1) is 19.5. The fourth-order valence-corrected chi connectivity index (χ4v) is 4.06. The number of piperidine rings is 1. The van der Waals surface area contributed by atoms with Crippen LogP contribution in [0, 0.1) is 5.92 Å². The second-order valence-corrected chi connectivity index (χ2v) is 7.64. The minimum Gasteiger partial charge on any atom is -0.370 e. The molecule has 0 aromatic heterocycles. The lowest BCUT2D eigenvalue weighted by atomic mass is 9.96. The number of carbonyl (C=O) groups is 2. The van der Waals surface area contributed by atoms with Crippen LogP contribution in [0.1, 0.15) is 24.5 Å². The summed E-state index contributed by atoms with van der Waals surface area (Å²) in [7, 11) is 0. The van der Waals surface area contributed by atoms with Gasteiger partial charge in [-0.15, -0.1) is 0 Å². The number of urea groups is 1. The third-order valence-corrected chi connectivity index (χ3v) is 5.63. The first-order valence-electron chi connectivity index (χ1n) is 10.3. The van der Waals surface area contributed by atoms with E-state index in [1.54, 1.807) is 4.90 Å². The van der Waals surface area contributed by atoms with Crippen LogP contribution in [0.15, 0.2) is 60.7 Å². The Morgan fingerprint density at radius 3 is 2.38 bits per heavy atom. The number of ether oxygens (including phenoxy) is 1. The smallest absolute Gasteiger partial charge is 0.321 e. The first-order chi connectivity index (χ1) is 14.2. The van der Waals surface area contributed by atoms with Crippen LogP contribution in [0.2, 0.25) is 0 Å². The lowest BCUT2D eigenvalue weighted by Gasteiger charge is -2.38. The van der Waals surface area contributed by atoms with Crippen LogP contribution in [-0.2, 0) is 9.53 Å². The highest BCUT2D eigenvalue weighted by Crippen LogP contribution is 2.25. The highest BCUT2D eigenvalue weighted by Gasteiger charge is 2.34. The van der Waals surface area contributed by atoms with Crippen molar-refractivity contribution in [3.05, 3.63) is 66.2 Å². The first-order valence-corrected chi connectivity index (χ1v) is 10.3. The summed E-state index contributed by atoms with van der Waals surface area (Å²) in [6.45, 7) is 2.85. The SMILES string of the molecule is O=C(Nc1ccccc1)N1CCCC(C(=O)N2CCOC(c3ccccc3)C2)C1. The van der Waals surface area contributed by atoms with Crippen LogP contribution in [0.25, 0.3) is 0 Å². The fraction of sp³-hybridized carbons (Fsp3) is 0.391. The molecule has 0 spiro atoms. The Morgan fingerprint density at radius 1 is 0.897 bits per heavy atom. The van der Waals surface area contributed by atoms with E-state index in [9.17, 15) is 9.59 Å². The van der Waals surface area contributed by atoms with E-state index in [4.69, 9.17) is 4.74 Å². The van der Waals surface area contributed by atoms with E-state index in [2.05, 4.69) is 5.32 Å². The molecule has 2 aromatic rings. The molecule has 29 heavy (non-hydrogen) atoms. The van der Waals surface area contributed by atoms with Crippen LogP contribution < -0.4 is 5.32 Å². The normalized spacial score (nSPS) is 22.2. The molecule has 2 fully saturated rings. The van der Waals surface area contributed by atoms with Gasteiger partial charge in [-0.1, -0.05) is 48.5 Å². The minimum atomic E-state index is -0.153. The molecule has 6 nitrogen and oxygen atoms in total. The Kier molecular flexibility index (Phi) is 6.10. The predicted octanol–water partition coefficient (Wildman–Crippen LogP) is 3.53. The number of para-hydroxylation sites is 1. The van der Waals surface area contributed by atoms with E-state index >= 15 is 0 Å². The van der Waals surface area contributed by atoms with E-state index < -0.39 is 0 Å². The number of amides is 3. The van der Waals surface area contributed by atoms with E-state index in [0.29, 0.717) is 32.8 Å². The molecule has 2 aliphatic rings. The number of nitrogens with one attached hydrogen (secondary N) is 1. The summed E-state index contributed by atoms with van der Waals surface area (Å²) in [5, 5.41) is 2.92. The Bertz CT molecular complexity index is 828. The van der Waals surface area contributed by atoms with Crippen molar-refractivity contribution < 1.29 is 14.3 Å². The molecule has 4 rings (SSSR count). The van der Waals surface area contributed by atoms with Gasteiger partial charge in [-0.3, -0.25) is 4.79 Å². The van der Waals surface area contributed by atoms with Gasteiger partial charge < -0.3 is 19.9 Å². The maximum Gasteiger partial charge on any atom is 0.321 e. The molecule has 0 saturated carbocycles. The molecular formula is C23H27N3O3. The van der Waals surface area contributed by atoms with E-state index in [1.165, 1.54) is 0 Å². The number of likely N-dealkylation sites (tertiary alicyclic amines) is 1. The van der Waals surface area contributed by atoms with Gasteiger partial charge >= 0.3 is 6.03 Å². The number of morpholine rings is 1. The van der Waals surface area contributed by atoms with Crippen molar-refractivity contribution in [3.63, 3.8) is 0 Å². The van der Waals surface area contributed by atoms with Crippen molar-refractivity contribution in [2.24, 2.45) is 5.92 Å². The van der Waals surface area contributed by atoms with Crippen molar-refractivity contribution in [3.8, 4) is 0 Å². The maximum atomic E-state index is 13.2. The second-order valence-electron chi connectivity index (χ2n) is 7.64. The number of carbonyl (C=O) groups excluding carboxylic acids is 2. The predicted molar refractivity (Wildman–Crippen MR) is 111 cm³/mol. The molecule has 2 atom stereocenters. The zero-order valence-electron chi connectivity index (χ0n) is 16.5. The summed E-state index contributed by atoms with van der Waals surface area (Å²) >= 11 is 0. The van der Waals surface area contributed by atoms with Crippen LogP contribution >= 0.6 is 0 Å². The van der Waals surface area contributed by atoms with Crippen molar-refractivity contribution in [1.29, 1.82) is 0 Å². The number of rotatable bonds is 3. The standard InChI is InChI=1S/C23H27N3O3/c27-22(25-14-15-29-21(17-25)18-8-3-1-4-9-18)19-10-7-13-26(16-19)23(28)24-20-11-5-2-6-12-20/h1-6,8-9,11-12,19,21H,7,10,13-17H2,(H,24,28). The highest BCUT2D eigenvalue weighted by atomic mass is 16.5. The van der Waals surface area contributed by atoms with Gasteiger partial charge in [-0.25, -0.2) is 4.79 Å². The molecule has 2 aromatic carbocycles. The van der Waals surface area contributed by atoms with E-state index in [1.807, 2.05) is 65.6 Å². The molecule has 2 aliphatic heterocycles. The third kappa shape index (κ3) is 4.77. The molecule has 2 unspecified atom stereocenters. The largest absolute Gasteiger partial charge is 0.370 e. The van der Waals surface area contributed by atoms with Gasteiger partial charge in [0.05, 0.1) is 19.1 Å². The van der Waals surface area contributed by atoms with Gasteiger partial charge in [-0.2, -0.15) is 0 Å². The lowest BCUT2D eigenvalue weighted by molar-refractivity contribution is -0.144. The molecule has 0 radical (unpaired) electrons. The second kappa shape index (κ2) is 9.09. The van der Waals surface area contributed by atoms with Crippen molar-refractivity contribution in [1.82, 2.24) is 9.80 Å². The Morgan fingerprint density at radius 2 is 1.62 bits per heavy atom. The summed E-state index contributed by atoms with van der Waals surface area (Å²) in [5.41, 5.74) is 1.86. The van der Waals surface area contributed by atoms with Crippen LogP contribution in [0.5, 0.6) is 0 Å². The molecule has 2 heterocycles. The van der Waals surface area contributed by atoms with Crippen LogP contribution in [0.4, 0.5) is 10.5 Å². The number of nitrogens with zero attached hydrogens (tertiary/aromatic N) is 2. The van der Waals surface area contributed by atoms with Crippen LogP contribution in [-0.4, -0.2) is 54.5 Å². The average Bonchev–Trinajstić information content (AvgIpc) is 2.80. The molecule has 0 aliphatic carbocycles. The van der Waals surface area contributed by atoms with Crippen molar-refractivity contribution in [2.45, 2.75) is 18.9 Å². The molecular weight excluding hydrogens is 366 g/mol. The molecule has 152 valence electrons. The number of hydrogen-bond donors (Lipinski definition) is 1. The van der Waals surface area contributed by atoms with Gasteiger partial charge in [0.2, 0.25) is 5.91 Å². The summed E-state index contributed by atoms with van der Waals surface area (Å²) in [6, 6.07) is 19.3. The monoisotopic (exact) mass is 393 g/mol. The summed E-state index contributed by atoms with van der Waals surface area (Å²) in [5.74, 6) is -0.0220. The highest BCUT2D eigenvalue weighted by molar-refractivity contribution is 5.90. The van der Waals surface area contributed by atoms with E-state index in [0.717, 1.165) is 24.1 Å². The van der Waals surface area contributed by atoms with Gasteiger partial charge in [0.1, 0.15) is 6.10 Å². The lowest BCUT2D eigenvalue weighted by Crippen LogP contribution is -2.50. The van der Waals surface area contributed by atoms with Crippen molar-refractivity contribution in [2.75, 3.05) is 38.1 Å². The zero-order chi connectivity index (χ0) is 20.1. The average molecular weight is 393 g/mol. The Balaban J connectivity index is 1.36. The van der Waals surface area contributed by atoms with Crippen molar-refractivity contribution >= 4 is 17.6 Å². The zero-order valence-corrected chi connectivity index (χ0v) is 16.5. The van der Waals surface area contributed by atoms with E-state index in [-0.39, 0.29) is 24.0 Å². The molecule has 6 heteroatoms. The molecule has 1 N–H and O–H groups in total. The molecule has 0 bridgehead atoms. The van der Waals surface area contributed by atoms with Crippen LogP contribution in [0.3, 0.4) is 0 Å². The van der Waals surface area contributed by atoms with Gasteiger partial charge in [0.25, 0.3) is 0 Å². The summed E-state index contributed by atoms with van der Waals surface area (Å²) < 4.78 is 5.89. The maximum absolute atomic E-state index is 13.2. The number of benzene rings is 2. The topological polar surface area (TPSA) is 61.9 Å². The Hall–Kier alpha value is -2.86. The minimum absolute atomic E-state index is 0.0880. The summed E-state index contributed by atoms with van der Waals surface area (Å²) in [4.78, 5) is 29.5. The number of hydrogen-bond acceptors (Lipinski definition) is 3. The third-order valence-electron chi connectivity index (χ3n) is 5.63. The van der Waals surface area contributed by atoms with Gasteiger partial charge in [-0.05, 0) is 30.5 Å². The Labute approximate surface area is 171 Å². The fourth-order valence-electron chi connectivity index (χ4n) is 4.06. The number of anilines is 1. The summed E-state index contributed by atoms with van der Waals surface area (Å²) in [6.07, 6.45) is 1.57. The quantitative estimate of drug-likeness (QED) is 0.868. The van der Waals surface area contributed by atoms with Gasteiger partial charge in [0, 0.05) is 25.3 Å².